The van der Waals surface area contributed by atoms with E-state index in [0.717, 1.165) is 0 Å². The number of hydrogen-bond donors (Lipinski definition) is 1. The Hall–Kier alpha value is -0.750. The Kier molecular flexibility index (Phi) is 4.59. The van der Waals surface area contributed by atoms with Gasteiger partial charge in [-0.05, 0) is 39.8 Å². The molecule has 0 atom stereocenters. The Bertz CT molecular complexity index is 526. The molecule has 1 fully saturated rings. The van der Waals surface area contributed by atoms with Crippen molar-refractivity contribution in [3.05, 3.63) is 23.0 Å². The van der Waals surface area contributed by atoms with Gasteiger partial charge in [-0.1, -0.05) is 11.6 Å². The van der Waals surface area contributed by atoms with Gasteiger partial charge in [0.15, 0.2) is 0 Å². The minimum atomic E-state index is -0.809. The van der Waals surface area contributed by atoms with E-state index in [9.17, 15) is 4.39 Å². The van der Waals surface area contributed by atoms with Gasteiger partial charge in [0.05, 0.1) is 16.9 Å². The van der Waals surface area contributed by atoms with Crippen molar-refractivity contribution in [3.63, 3.8) is 0 Å². The van der Waals surface area contributed by atoms with Crippen LogP contribution in [0.5, 0.6) is 0 Å². The van der Waals surface area contributed by atoms with Crippen molar-refractivity contribution in [2.24, 2.45) is 0 Å². The number of nitrogens with one attached hydrogen (secondary N) is 1. The van der Waals surface area contributed by atoms with E-state index in [0.29, 0.717) is 5.02 Å². The van der Waals surface area contributed by atoms with E-state index < -0.39 is 24.1 Å². The molecule has 1 saturated heterocycles. The summed E-state index contributed by atoms with van der Waals surface area (Å²) in [6.07, 6.45) is 0. The summed E-state index contributed by atoms with van der Waals surface area (Å²) in [5, 5.41) is 3.07. The molecule has 0 saturated carbocycles. The maximum absolute atomic E-state index is 14.6. The summed E-state index contributed by atoms with van der Waals surface area (Å²) in [5.41, 5.74) is -0.626. The molecule has 0 unspecified atom stereocenters. The van der Waals surface area contributed by atoms with Gasteiger partial charge in [0, 0.05) is 17.6 Å². The van der Waals surface area contributed by atoms with E-state index in [4.69, 9.17) is 25.6 Å². The van der Waals surface area contributed by atoms with Crippen LogP contribution in [0.2, 0.25) is 5.02 Å². The molecule has 1 aromatic rings. The summed E-state index contributed by atoms with van der Waals surface area (Å²) in [6.45, 7) is 7.64. The van der Waals surface area contributed by atoms with Crippen molar-refractivity contribution in [3.8, 4) is 0 Å². The van der Waals surface area contributed by atoms with Gasteiger partial charge in [0.2, 0.25) is 0 Å². The zero-order valence-electron chi connectivity index (χ0n) is 12.8. The molecule has 113 valence electrons. The number of hydrogen-bond acceptors (Lipinski definition) is 4. The van der Waals surface area contributed by atoms with Crippen LogP contribution in [-0.4, -0.2) is 33.0 Å². The Morgan fingerprint density at radius 2 is 1.81 bits per heavy atom. The highest BCUT2D eigenvalue weighted by Gasteiger charge is 2.52. The average Bonchev–Trinajstić information content (AvgIpc) is 2.59. The number of halogens is 2. The Morgan fingerprint density at radius 3 is 2.33 bits per heavy atom. The predicted molar refractivity (Wildman–Crippen MR) is 83.5 cm³/mol. The molecule has 1 aromatic carbocycles. The molecule has 1 aliphatic rings. The van der Waals surface area contributed by atoms with E-state index in [2.05, 4.69) is 5.23 Å². The van der Waals surface area contributed by atoms with Crippen LogP contribution in [0.25, 0.3) is 0 Å². The Labute approximate surface area is 130 Å². The fourth-order valence-corrected chi connectivity index (χ4v) is 2.21. The molecule has 0 spiro atoms. The molecular weight excluding hydrogens is 294 g/mol. The van der Waals surface area contributed by atoms with Crippen molar-refractivity contribution < 1.29 is 18.4 Å². The smallest absolute Gasteiger partial charge is 0.422 e. The van der Waals surface area contributed by atoms with Crippen molar-refractivity contribution >= 4 is 37.5 Å². The van der Waals surface area contributed by atoms with E-state index >= 15 is 0 Å². The highest BCUT2D eigenvalue weighted by Crippen LogP contribution is 2.37. The maximum Gasteiger partial charge on any atom is 0.497 e. The first-order chi connectivity index (χ1) is 9.68. The summed E-state index contributed by atoms with van der Waals surface area (Å²) >= 11 is 6.05. The second-order valence-electron chi connectivity index (χ2n) is 5.94. The van der Waals surface area contributed by atoms with Crippen LogP contribution in [0.4, 0.5) is 10.1 Å². The molecule has 2 rings (SSSR count). The van der Waals surface area contributed by atoms with Gasteiger partial charge in [-0.2, -0.15) is 0 Å². The summed E-state index contributed by atoms with van der Waals surface area (Å²) in [6, 6.07) is 2.98. The zero-order chi connectivity index (χ0) is 15.8. The molecular formula is C13H18B2ClFNO3. The van der Waals surface area contributed by atoms with Crippen LogP contribution in [0.15, 0.2) is 12.1 Å². The highest BCUT2D eigenvalue weighted by molar-refractivity contribution is 6.62. The first-order valence-corrected chi connectivity index (χ1v) is 7.01. The van der Waals surface area contributed by atoms with Crippen molar-refractivity contribution in [1.82, 2.24) is 0 Å². The minimum absolute atomic E-state index is 0.203. The minimum Gasteiger partial charge on any atom is -0.422 e. The molecule has 4 nitrogen and oxygen atoms in total. The SMILES string of the molecule is CO[B]Nc1cc(Cl)cc(B2OC(C)(C)C(C)(C)O2)c1F. The van der Waals surface area contributed by atoms with Crippen LogP contribution >= 0.6 is 11.6 Å². The summed E-state index contributed by atoms with van der Waals surface area (Å²) in [5.74, 6) is -0.480. The van der Waals surface area contributed by atoms with Gasteiger partial charge < -0.3 is 19.2 Å². The van der Waals surface area contributed by atoms with E-state index in [1.165, 1.54) is 26.9 Å². The standard InChI is InChI=1S/C13H18B2ClFNO3/c1-12(2)13(3,4)21-15(20-12)9-6-8(16)7-10(11(9)17)18-14-19-5/h6-7,18H,1-5H3. The van der Waals surface area contributed by atoms with Crippen LogP contribution < -0.4 is 10.7 Å². The second kappa shape index (κ2) is 5.80. The van der Waals surface area contributed by atoms with Crippen LogP contribution in [-0.2, 0) is 14.0 Å². The molecule has 21 heavy (non-hydrogen) atoms. The highest BCUT2D eigenvalue weighted by atomic mass is 35.5. The lowest BCUT2D eigenvalue weighted by Crippen LogP contribution is -2.41. The van der Waals surface area contributed by atoms with Gasteiger partial charge in [-0.3, -0.25) is 0 Å². The van der Waals surface area contributed by atoms with Gasteiger partial charge in [-0.15, -0.1) is 0 Å². The summed E-state index contributed by atoms with van der Waals surface area (Å²) in [4.78, 5) is 0. The van der Waals surface area contributed by atoms with E-state index in [1.807, 2.05) is 27.7 Å². The fraction of sp³-hybridized carbons (Fsp3) is 0.538. The Balaban J connectivity index is 2.35. The average molecular weight is 312 g/mol. The lowest BCUT2D eigenvalue weighted by Gasteiger charge is -2.32. The lowest BCUT2D eigenvalue weighted by molar-refractivity contribution is 0.00578. The molecule has 0 amide bonds. The quantitative estimate of drug-likeness (QED) is 0.867. The van der Waals surface area contributed by atoms with Crippen LogP contribution in [0.1, 0.15) is 27.7 Å². The lowest BCUT2D eigenvalue weighted by atomic mass is 9.78. The summed E-state index contributed by atoms with van der Waals surface area (Å²) < 4.78 is 31.0. The van der Waals surface area contributed by atoms with Gasteiger partial charge >= 0.3 is 14.7 Å². The first-order valence-electron chi connectivity index (χ1n) is 6.63. The second-order valence-corrected chi connectivity index (χ2v) is 6.38. The van der Waals surface area contributed by atoms with Crippen LogP contribution in [0, 0.1) is 5.82 Å². The van der Waals surface area contributed by atoms with Crippen molar-refractivity contribution in [1.29, 1.82) is 0 Å². The molecule has 0 bridgehead atoms. The fourth-order valence-electron chi connectivity index (χ4n) is 1.98. The maximum atomic E-state index is 14.6. The number of benzene rings is 1. The zero-order valence-corrected chi connectivity index (χ0v) is 13.5. The molecule has 1 aliphatic heterocycles. The monoisotopic (exact) mass is 312 g/mol. The third-order valence-electron chi connectivity index (χ3n) is 3.90. The number of rotatable bonds is 4. The van der Waals surface area contributed by atoms with Gasteiger partial charge in [0.25, 0.3) is 0 Å². The molecule has 8 heteroatoms. The molecule has 1 N–H and O–H groups in total. The van der Waals surface area contributed by atoms with Crippen LogP contribution in [0.3, 0.4) is 0 Å². The van der Waals surface area contributed by atoms with Gasteiger partial charge in [0.1, 0.15) is 5.82 Å². The molecule has 0 aromatic heterocycles. The summed E-state index contributed by atoms with van der Waals surface area (Å²) in [7, 11) is 1.92. The normalized spacial score (nSPS) is 19.7. The Morgan fingerprint density at radius 1 is 1.24 bits per heavy atom. The van der Waals surface area contributed by atoms with E-state index in [1.54, 1.807) is 0 Å². The third kappa shape index (κ3) is 3.21. The topological polar surface area (TPSA) is 39.7 Å². The van der Waals surface area contributed by atoms with Gasteiger partial charge in [-0.25, -0.2) is 4.39 Å². The third-order valence-corrected chi connectivity index (χ3v) is 4.12. The molecule has 0 aliphatic carbocycles. The molecule has 1 heterocycles. The van der Waals surface area contributed by atoms with E-state index in [-0.39, 0.29) is 11.2 Å². The van der Waals surface area contributed by atoms with Crippen molar-refractivity contribution in [2.45, 2.75) is 38.9 Å². The van der Waals surface area contributed by atoms with Crippen molar-refractivity contribution in [2.75, 3.05) is 12.3 Å². The first kappa shape index (κ1) is 16.6. The molecule has 1 radical (unpaired) electrons. The predicted octanol–water partition coefficient (Wildman–Crippen LogP) is 2.37. The largest absolute Gasteiger partial charge is 0.497 e. The number of anilines is 1.